The molecule has 1 aromatic carbocycles. The van der Waals surface area contributed by atoms with E-state index in [-0.39, 0.29) is 19.8 Å². The monoisotopic (exact) mass is 418 g/mol. The third-order valence-corrected chi connectivity index (χ3v) is 4.85. The van der Waals surface area contributed by atoms with Gasteiger partial charge in [-0.2, -0.15) is 0 Å². The summed E-state index contributed by atoms with van der Waals surface area (Å²) in [6.07, 6.45) is 0.901. The van der Waals surface area contributed by atoms with Crippen LogP contribution in [0.25, 0.3) is 0 Å². The summed E-state index contributed by atoms with van der Waals surface area (Å²) in [7, 11) is 0. The molecular formula is C21H26N2O7. The average molecular weight is 418 g/mol. The van der Waals surface area contributed by atoms with Crippen molar-refractivity contribution in [3.63, 3.8) is 0 Å². The Kier molecular flexibility index (Phi) is 7.56. The lowest BCUT2D eigenvalue weighted by Gasteiger charge is -2.22. The van der Waals surface area contributed by atoms with Crippen molar-refractivity contribution in [2.75, 3.05) is 13.2 Å². The summed E-state index contributed by atoms with van der Waals surface area (Å²) >= 11 is 0. The van der Waals surface area contributed by atoms with E-state index in [0.717, 1.165) is 17.4 Å². The normalized spacial score (nSPS) is 20.9. The molecule has 162 valence electrons. The lowest BCUT2D eigenvalue weighted by molar-refractivity contribution is -0.0616. The molecule has 0 aliphatic carbocycles. The van der Waals surface area contributed by atoms with E-state index in [9.17, 15) is 19.5 Å². The fourth-order valence-electron chi connectivity index (χ4n) is 3.21. The number of aliphatic hydroxyl groups is 1. The number of unbranched alkanes of at least 4 members (excludes halogenated alkanes) is 1. The Morgan fingerprint density at radius 2 is 2.00 bits per heavy atom. The largest absolute Gasteiger partial charge is 0.454 e. The highest BCUT2D eigenvalue weighted by Crippen LogP contribution is 2.30. The number of nitrogens with zero attached hydrogens (tertiary/aromatic N) is 2. The summed E-state index contributed by atoms with van der Waals surface area (Å²) in [4.78, 5) is 37.5. The third-order valence-electron chi connectivity index (χ3n) is 4.85. The molecule has 30 heavy (non-hydrogen) atoms. The Morgan fingerprint density at radius 1 is 1.23 bits per heavy atom. The Morgan fingerprint density at radius 3 is 2.70 bits per heavy atom. The first kappa shape index (κ1) is 21.9. The number of hydrogen-bond acceptors (Lipinski definition) is 7. The van der Waals surface area contributed by atoms with Gasteiger partial charge < -0.3 is 19.3 Å². The lowest BCUT2D eigenvalue weighted by Crippen LogP contribution is -2.43. The first-order chi connectivity index (χ1) is 14.5. The lowest BCUT2D eigenvalue weighted by atomic mass is 10.2. The molecule has 3 atom stereocenters. The fraction of sp³-hybridized carbons (Fsp3) is 0.476. The van der Waals surface area contributed by atoms with Crippen LogP contribution in [-0.4, -0.2) is 45.6 Å². The predicted octanol–water partition coefficient (Wildman–Crippen LogP) is 1.29. The van der Waals surface area contributed by atoms with E-state index >= 15 is 0 Å². The Hall–Kier alpha value is -2.75. The van der Waals surface area contributed by atoms with Crippen LogP contribution in [0, 0.1) is 0 Å². The predicted molar refractivity (Wildman–Crippen MR) is 107 cm³/mol. The van der Waals surface area contributed by atoms with Gasteiger partial charge in [-0.25, -0.2) is 14.2 Å². The zero-order chi connectivity index (χ0) is 21.5. The van der Waals surface area contributed by atoms with Crippen molar-refractivity contribution in [3.8, 4) is 0 Å². The minimum Gasteiger partial charge on any atom is -0.454 e. The van der Waals surface area contributed by atoms with Gasteiger partial charge in [0.05, 0.1) is 18.3 Å². The van der Waals surface area contributed by atoms with E-state index in [2.05, 4.69) is 0 Å². The maximum absolute atomic E-state index is 12.9. The quantitative estimate of drug-likeness (QED) is 0.483. The smallest absolute Gasteiger partial charge is 0.338 e. The van der Waals surface area contributed by atoms with Crippen LogP contribution in [0.2, 0.25) is 0 Å². The molecule has 9 nitrogen and oxygen atoms in total. The second-order valence-corrected chi connectivity index (χ2v) is 7.04. The van der Waals surface area contributed by atoms with Crippen LogP contribution in [0.5, 0.6) is 0 Å². The van der Waals surface area contributed by atoms with Gasteiger partial charge in [0.2, 0.25) is 0 Å². The Labute approximate surface area is 173 Å². The van der Waals surface area contributed by atoms with Crippen LogP contribution in [0.15, 0.2) is 52.2 Å². The summed E-state index contributed by atoms with van der Waals surface area (Å²) in [6, 6.07) is 9.69. The van der Waals surface area contributed by atoms with E-state index in [1.807, 2.05) is 6.92 Å². The van der Waals surface area contributed by atoms with Gasteiger partial charge in [0.25, 0.3) is 5.56 Å². The second kappa shape index (κ2) is 10.3. The molecular weight excluding hydrogens is 392 g/mol. The molecule has 1 N–H and O–H groups in total. The zero-order valence-corrected chi connectivity index (χ0v) is 16.8. The van der Waals surface area contributed by atoms with Crippen molar-refractivity contribution in [3.05, 3.63) is 69.0 Å². The fourth-order valence-corrected chi connectivity index (χ4v) is 3.21. The molecule has 1 unspecified atom stereocenters. The van der Waals surface area contributed by atoms with Gasteiger partial charge in [0.15, 0.2) is 6.23 Å². The molecule has 0 amide bonds. The molecule has 1 aliphatic heterocycles. The molecule has 0 bridgehead atoms. The van der Waals surface area contributed by atoms with E-state index < -0.39 is 35.7 Å². The first-order valence-corrected chi connectivity index (χ1v) is 9.97. The molecule has 2 aromatic rings. The highest BCUT2D eigenvalue weighted by Gasteiger charge is 2.40. The van der Waals surface area contributed by atoms with Crippen molar-refractivity contribution in [1.29, 1.82) is 0 Å². The van der Waals surface area contributed by atoms with Gasteiger partial charge in [-0.3, -0.25) is 9.36 Å². The van der Waals surface area contributed by atoms with Crippen LogP contribution in [0.3, 0.4) is 0 Å². The second-order valence-electron chi connectivity index (χ2n) is 7.04. The van der Waals surface area contributed by atoms with Crippen LogP contribution >= 0.6 is 0 Å². The van der Waals surface area contributed by atoms with E-state index in [1.165, 1.54) is 16.8 Å². The number of aromatic nitrogens is 2. The van der Waals surface area contributed by atoms with E-state index in [4.69, 9.17) is 14.2 Å². The van der Waals surface area contributed by atoms with Gasteiger partial charge in [-0.15, -0.1) is 0 Å². The molecule has 0 spiro atoms. The van der Waals surface area contributed by atoms with Crippen LogP contribution < -0.4 is 11.2 Å². The maximum atomic E-state index is 12.9. The molecule has 1 aliphatic rings. The molecule has 0 saturated carbocycles. The number of esters is 1. The molecule has 3 rings (SSSR count). The van der Waals surface area contributed by atoms with Crippen molar-refractivity contribution < 1.29 is 24.1 Å². The van der Waals surface area contributed by atoms with Crippen LogP contribution in [0.1, 0.15) is 42.8 Å². The van der Waals surface area contributed by atoms with Gasteiger partial charge >= 0.3 is 11.7 Å². The molecule has 1 aromatic heterocycles. The number of carbonyl (C=O) groups is 1. The first-order valence-electron chi connectivity index (χ1n) is 9.97. The number of benzene rings is 1. The number of carbonyl (C=O) groups excluding carboxylic acids is 1. The molecule has 1 fully saturated rings. The standard InChI is InChI=1S/C21H26N2O7/c1-2-3-11-28-14-23-18(25)9-10-22(21(23)27)19-17(12-16(13-24)29-19)30-20(26)15-7-5-4-6-8-15/h4-10,16-17,19,24H,2-3,11-14H2,1H3/t16-,17?,19+/m0/s1. The molecule has 1 saturated heterocycles. The maximum Gasteiger partial charge on any atom is 0.338 e. The number of aliphatic hydroxyl groups excluding tert-OH is 1. The summed E-state index contributed by atoms with van der Waals surface area (Å²) in [5.74, 6) is -0.558. The molecule has 0 radical (unpaired) electrons. The molecule has 2 heterocycles. The van der Waals surface area contributed by atoms with Gasteiger partial charge in [0, 0.05) is 25.3 Å². The van der Waals surface area contributed by atoms with Crippen molar-refractivity contribution >= 4 is 5.97 Å². The highest BCUT2D eigenvalue weighted by atomic mass is 16.6. The summed E-state index contributed by atoms with van der Waals surface area (Å²) in [5, 5.41) is 9.51. The minimum absolute atomic E-state index is 0.177. The SMILES string of the molecule is CCCCOCn1c(=O)ccn([C@@H]2O[C@H](CO)CC2OC(=O)c2ccccc2)c1=O. The zero-order valence-electron chi connectivity index (χ0n) is 16.8. The summed E-state index contributed by atoms with van der Waals surface area (Å²) in [6.45, 7) is 1.98. The number of rotatable bonds is 9. The van der Waals surface area contributed by atoms with Crippen LogP contribution in [0.4, 0.5) is 0 Å². The highest BCUT2D eigenvalue weighted by molar-refractivity contribution is 5.89. The Bertz CT molecular complexity index is 954. The van der Waals surface area contributed by atoms with Gasteiger partial charge in [-0.1, -0.05) is 31.5 Å². The van der Waals surface area contributed by atoms with Gasteiger partial charge in [-0.05, 0) is 18.6 Å². The van der Waals surface area contributed by atoms with Crippen molar-refractivity contribution in [2.24, 2.45) is 0 Å². The van der Waals surface area contributed by atoms with Crippen molar-refractivity contribution in [2.45, 2.75) is 51.4 Å². The molecule has 9 heteroatoms. The van der Waals surface area contributed by atoms with Crippen molar-refractivity contribution in [1.82, 2.24) is 9.13 Å². The van der Waals surface area contributed by atoms with Gasteiger partial charge in [0.1, 0.15) is 12.8 Å². The topological polar surface area (TPSA) is 109 Å². The summed E-state index contributed by atoms with van der Waals surface area (Å²) in [5.41, 5.74) is -0.768. The number of hydrogen-bond donors (Lipinski definition) is 1. The van der Waals surface area contributed by atoms with E-state index in [0.29, 0.717) is 12.2 Å². The minimum atomic E-state index is -0.968. The summed E-state index contributed by atoms with van der Waals surface area (Å²) < 4.78 is 18.9. The third kappa shape index (κ3) is 5.05. The Balaban J connectivity index is 1.83. The van der Waals surface area contributed by atoms with Crippen LogP contribution in [-0.2, 0) is 20.9 Å². The average Bonchev–Trinajstić information content (AvgIpc) is 3.16. The number of ether oxygens (including phenoxy) is 3. The van der Waals surface area contributed by atoms with E-state index in [1.54, 1.807) is 30.3 Å².